The van der Waals surface area contributed by atoms with Crippen molar-refractivity contribution in [2.24, 2.45) is 5.92 Å². The molecular weight excluding hydrogens is 314 g/mol. The van der Waals surface area contributed by atoms with E-state index in [1.807, 2.05) is 23.1 Å². The second-order valence-electron chi connectivity index (χ2n) is 6.82. The molecule has 2 aromatic carbocycles. The molecule has 25 heavy (non-hydrogen) atoms. The van der Waals surface area contributed by atoms with Crippen LogP contribution in [0.25, 0.3) is 0 Å². The van der Waals surface area contributed by atoms with E-state index in [1.165, 1.54) is 11.1 Å². The van der Waals surface area contributed by atoms with E-state index >= 15 is 0 Å². The van der Waals surface area contributed by atoms with Gasteiger partial charge in [-0.05, 0) is 41.7 Å². The van der Waals surface area contributed by atoms with Crippen molar-refractivity contribution in [1.82, 2.24) is 4.90 Å². The van der Waals surface area contributed by atoms with Crippen molar-refractivity contribution in [2.75, 3.05) is 20.3 Å². The number of rotatable bonds is 5. The van der Waals surface area contributed by atoms with Crippen LogP contribution in [0.1, 0.15) is 35.3 Å². The molecule has 4 heteroatoms. The van der Waals surface area contributed by atoms with Gasteiger partial charge in [0.25, 0.3) is 5.91 Å². The molecule has 0 spiro atoms. The van der Waals surface area contributed by atoms with Gasteiger partial charge < -0.3 is 14.4 Å². The first-order valence-electron chi connectivity index (χ1n) is 8.75. The Morgan fingerprint density at radius 3 is 2.60 bits per heavy atom. The fourth-order valence-electron chi connectivity index (χ4n) is 3.03. The average molecular weight is 339 g/mol. The Balaban J connectivity index is 1.76. The smallest absolute Gasteiger partial charge is 0.254 e. The minimum atomic E-state index is 0.0308. The minimum Gasteiger partial charge on any atom is -0.493 e. The highest BCUT2D eigenvalue weighted by atomic mass is 16.5. The Morgan fingerprint density at radius 2 is 1.88 bits per heavy atom. The lowest BCUT2D eigenvalue weighted by Gasteiger charge is -2.29. The summed E-state index contributed by atoms with van der Waals surface area (Å²) in [5, 5.41) is 0. The molecule has 0 saturated carbocycles. The SMILES string of the molecule is COc1cc(C(=O)N2CCc3ccccc3C2)ccc1OCC(C)C. The first-order chi connectivity index (χ1) is 12.1. The average Bonchev–Trinajstić information content (AvgIpc) is 2.65. The molecule has 0 atom stereocenters. The summed E-state index contributed by atoms with van der Waals surface area (Å²) in [6, 6.07) is 13.7. The van der Waals surface area contributed by atoms with Crippen LogP contribution >= 0.6 is 0 Å². The fraction of sp³-hybridized carbons (Fsp3) is 0.381. The van der Waals surface area contributed by atoms with Crippen LogP contribution in [0.4, 0.5) is 0 Å². The molecule has 0 N–H and O–H groups in total. The third-order valence-corrected chi connectivity index (χ3v) is 4.40. The normalized spacial score (nSPS) is 13.5. The lowest BCUT2D eigenvalue weighted by atomic mass is 9.99. The number of fused-ring (bicyclic) bond motifs is 1. The molecule has 0 bridgehead atoms. The number of benzene rings is 2. The van der Waals surface area contributed by atoms with Crippen molar-refractivity contribution in [3.8, 4) is 11.5 Å². The molecule has 0 aromatic heterocycles. The van der Waals surface area contributed by atoms with E-state index in [0.717, 1.165) is 13.0 Å². The Morgan fingerprint density at radius 1 is 1.12 bits per heavy atom. The number of ether oxygens (including phenoxy) is 2. The van der Waals surface area contributed by atoms with E-state index in [4.69, 9.17) is 9.47 Å². The highest BCUT2D eigenvalue weighted by molar-refractivity contribution is 5.95. The van der Waals surface area contributed by atoms with E-state index < -0.39 is 0 Å². The number of hydrogen-bond acceptors (Lipinski definition) is 3. The highest BCUT2D eigenvalue weighted by Crippen LogP contribution is 2.30. The Labute approximate surface area is 149 Å². The van der Waals surface area contributed by atoms with Crippen LogP contribution in [-0.4, -0.2) is 31.1 Å². The molecule has 3 rings (SSSR count). The number of hydrogen-bond donors (Lipinski definition) is 0. The molecule has 0 unspecified atom stereocenters. The van der Waals surface area contributed by atoms with Crippen molar-refractivity contribution >= 4 is 5.91 Å². The molecule has 132 valence electrons. The largest absolute Gasteiger partial charge is 0.493 e. The van der Waals surface area contributed by atoms with Crippen molar-refractivity contribution < 1.29 is 14.3 Å². The van der Waals surface area contributed by atoms with Crippen molar-refractivity contribution in [3.63, 3.8) is 0 Å². The predicted octanol–water partition coefficient (Wildman–Crippen LogP) is 3.93. The lowest BCUT2D eigenvalue weighted by Crippen LogP contribution is -2.35. The Bertz CT molecular complexity index is 755. The van der Waals surface area contributed by atoms with Crippen molar-refractivity contribution in [3.05, 3.63) is 59.2 Å². The molecule has 0 radical (unpaired) electrons. The lowest BCUT2D eigenvalue weighted by molar-refractivity contribution is 0.0734. The standard InChI is InChI=1S/C21H25NO3/c1-15(2)14-25-19-9-8-17(12-20(19)24-3)21(23)22-11-10-16-6-4-5-7-18(16)13-22/h4-9,12,15H,10-11,13-14H2,1-3H3. The van der Waals surface area contributed by atoms with E-state index in [2.05, 4.69) is 32.0 Å². The number of nitrogens with zero attached hydrogens (tertiary/aromatic N) is 1. The number of amides is 1. The highest BCUT2D eigenvalue weighted by Gasteiger charge is 2.22. The zero-order valence-electron chi connectivity index (χ0n) is 15.1. The molecule has 0 aliphatic carbocycles. The van der Waals surface area contributed by atoms with E-state index in [9.17, 15) is 4.79 Å². The fourth-order valence-corrected chi connectivity index (χ4v) is 3.03. The maximum Gasteiger partial charge on any atom is 0.254 e. The van der Waals surface area contributed by atoms with Crippen LogP contribution < -0.4 is 9.47 Å². The van der Waals surface area contributed by atoms with Crippen molar-refractivity contribution in [1.29, 1.82) is 0 Å². The maximum absolute atomic E-state index is 12.9. The van der Waals surface area contributed by atoms with E-state index in [0.29, 0.717) is 36.1 Å². The van der Waals surface area contributed by atoms with Crippen LogP contribution in [-0.2, 0) is 13.0 Å². The summed E-state index contributed by atoms with van der Waals surface area (Å²) in [7, 11) is 1.60. The molecule has 1 aliphatic rings. The molecular formula is C21H25NO3. The quantitative estimate of drug-likeness (QED) is 0.828. The van der Waals surface area contributed by atoms with Gasteiger partial charge in [0, 0.05) is 18.7 Å². The third-order valence-electron chi connectivity index (χ3n) is 4.40. The first kappa shape index (κ1) is 17.3. The summed E-state index contributed by atoms with van der Waals surface area (Å²) in [6.07, 6.45) is 0.897. The zero-order valence-corrected chi connectivity index (χ0v) is 15.1. The molecule has 1 amide bonds. The van der Waals surface area contributed by atoms with Gasteiger partial charge in [0.2, 0.25) is 0 Å². The maximum atomic E-state index is 12.9. The first-order valence-corrected chi connectivity index (χ1v) is 8.75. The van der Waals surface area contributed by atoms with Gasteiger partial charge >= 0.3 is 0 Å². The monoisotopic (exact) mass is 339 g/mol. The molecule has 0 saturated heterocycles. The predicted molar refractivity (Wildman–Crippen MR) is 98.2 cm³/mol. The van der Waals surface area contributed by atoms with Crippen LogP contribution in [0.3, 0.4) is 0 Å². The van der Waals surface area contributed by atoms with Crippen LogP contribution in [0, 0.1) is 5.92 Å². The van der Waals surface area contributed by atoms with Crippen LogP contribution in [0.15, 0.2) is 42.5 Å². The van der Waals surface area contributed by atoms with Crippen molar-refractivity contribution in [2.45, 2.75) is 26.8 Å². The summed E-state index contributed by atoms with van der Waals surface area (Å²) >= 11 is 0. The summed E-state index contributed by atoms with van der Waals surface area (Å²) < 4.78 is 11.2. The molecule has 1 aliphatic heterocycles. The van der Waals surface area contributed by atoms with Gasteiger partial charge in [-0.25, -0.2) is 0 Å². The number of carbonyl (C=O) groups excluding carboxylic acids is 1. The van der Waals surface area contributed by atoms with Gasteiger partial charge in [0.05, 0.1) is 13.7 Å². The van der Waals surface area contributed by atoms with Gasteiger partial charge in [0.15, 0.2) is 11.5 Å². The van der Waals surface area contributed by atoms with E-state index in [1.54, 1.807) is 13.2 Å². The van der Waals surface area contributed by atoms with Gasteiger partial charge in [-0.1, -0.05) is 38.1 Å². The number of carbonyl (C=O) groups is 1. The van der Waals surface area contributed by atoms with Gasteiger partial charge in [-0.2, -0.15) is 0 Å². The van der Waals surface area contributed by atoms with Gasteiger partial charge in [0.1, 0.15) is 0 Å². The van der Waals surface area contributed by atoms with Crippen LogP contribution in [0.5, 0.6) is 11.5 Å². The summed E-state index contributed by atoms with van der Waals surface area (Å²) in [6.45, 7) is 6.20. The van der Waals surface area contributed by atoms with Gasteiger partial charge in [-0.3, -0.25) is 4.79 Å². The number of methoxy groups -OCH3 is 1. The second kappa shape index (κ2) is 7.60. The van der Waals surface area contributed by atoms with Crippen LogP contribution in [0.2, 0.25) is 0 Å². The molecule has 1 heterocycles. The summed E-state index contributed by atoms with van der Waals surface area (Å²) in [5.41, 5.74) is 3.20. The minimum absolute atomic E-state index is 0.0308. The van der Waals surface area contributed by atoms with Gasteiger partial charge in [-0.15, -0.1) is 0 Å². The topological polar surface area (TPSA) is 38.8 Å². The van der Waals surface area contributed by atoms with E-state index in [-0.39, 0.29) is 5.91 Å². The Hall–Kier alpha value is -2.49. The summed E-state index contributed by atoms with van der Waals surface area (Å²) in [5.74, 6) is 1.74. The second-order valence-corrected chi connectivity index (χ2v) is 6.82. The molecule has 2 aromatic rings. The third kappa shape index (κ3) is 3.95. The zero-order chi connectivity index (χ0) is 17.8. The molecule has 0 fully saturated rings. The summed E-state index contributed by atoms with van der Waals surface area (Å²) in [4.78, 5) is 14.8. The molecule has 4 nitrogen and oxygen atoms in total. The Kier molecular flexibility index (Phi) is 5.27.